The fourth-order valence-corrected chi connectivity index (χ4v) is 1.80. The molecule has 2 aromatic rings. The highest BCUT2D eigenvalue weighted by Gasteiger charge is 2.35. The molecule has 4 nitrogen and oxygen atoms in total. The third-order valence-electron chi connectivity index (χ3n) is 2.87. The summed E-state index contributed by atoms with van der Waals surface area (Å²) in [7, 11) is 0. The van der Waals surface area contributed by atoms with E-state index in [9.17, 15) is 26.7 Å². The van der Waals surface area contributed by atoms with E-state index in [0.29, 0.717) is 5.69 Å². The maximum Gasteiger partial charge on any atom is 0.419 e. The average molecular weight is 331 g/mol. The van der Waals surface area contributed by atoms with Crippen LogP contribution in [-0.4, -0.2) is 10.9 Å². The van der Waals surface area contributed by atoms with Crippen molar-refractivity contribution in [1.29, 1.82) is 0 Å². The van der Waals surface area contributed by atoms with Gasteiger partial charge in [0, 0.05) is 0 Å². The van der Waals surface area contributed by atoms with Gasteiger partial charge in [0.1, 0.15) is 17.5 Å². The van der Waals surface area contributed by atoms with Gasteiger partial charge in [0.05, 0.1) is 23.4 Å². The molecule has 23 heavy (non-hydrogen) atoms. The minimum absolute atomic E-state index is 0.0526. The Kier molecular flexibility index (Phi) is 4.48. The lowest BCUT2D eigenvalue weighted by molar-refractivity contribution is -0.140. The summed E-state index contributed by atoms with van der Waals surface area (Å²) in [5, 5.41) is 2.22. The monoisotopic (exact) mass is 331 g/mol. The molecule has 9 heteroatoms. The molecule has 2 rings (SSSR count). The molecule has 0 fully saturated rings. The molecule has 1 heterocycles. The van der Waals surface area contributed by atoms with E-state index in [1.165, 1.54) is 12.1 Å². The summed E-state index contributed by atoms with van der Waals surface area (Å²) in [6.07, 6.45) is -5.05. The number of nitrogens with zero attached hydrogens (tertiary/aromatic N) is 1. The van der Waals surface area contributed by atoms with E-state index < -0.39 is 34.8 Å². The zero-order valence-corrected chi connectivity index (χ0v) is 11.4. The van der Waals surface area contributed by atoms with Crippen molar-refractivity contribution < 1.29 is 26.7 Å². The van der Waals surface area contributed by atoms with Crippen molar-refractivity contribution >= 4 is 11.7 Å². The molecule has 122 valence electrons. The van der Waals surface area contributed by atoms with Gasteiger partial charge in [-0.1, -0.05) is 6.07 Å². The third kappa shape index (κ3) is 3.93. The Bertz CT molecular complexity index is 746. The van der Waals surface area contributed by atoms with Crippen molar-refractivity contribution in [2.45, 2.75) is 12.7 Å². The van der Waals surface area contributed by atoms with Crippen molar-refractivity contribution in [2.75, 3.05) is 5.73 Å². The second-order valence-electron chi connectivity index (χ2n) is 4.55. The van der Waals surface area contributed by atoms with Gasteiger partial charge in [0.15, 0.2) is 0 Å². The number of aromatic nitrogens is 1. The maximum absolute atomic E-state index is 13.6. The number of benzene rings is 1. The molecule has 0 aliphatic carbocycles. The Hall–Kier alpha value is -2.71. The first-order valence-electron chi connectivity index (χ1n) is 6.24. The highest BCUT2D eigenvalue weighted by molar-refractivity contribution is 5.94. The molecule has 1 aromatic heterocycles. The van der Waals surface area contributed by atoms with Crippen LogP contribution in [0.3, 0.4) is 0 Å². The standard InChI is InChI=1S/C14H10F5N3O/c15-10-5-9(14(17,18)19)11(16)4-8(10)13(23)21-6-7-2-1-3-12(20)22-7/h1-5H,6H2,(H2,20,22)(H,21,23). The maximum atomic E-state index is 13.6. The number of rotatable bonds is 3. The van der Waals surface area contributed by atoms with Crippen LogP contribution in [0.15, 0.2) is 30.3 Å². The van der Waals surface area contributed by atoms with Crippen molar-refractivity contribution in [3.05, 3.63) is 58.8 Å². The van der Waals surface area contributed by atoms with Gasteiger partial charge >= 0.3 is 6.18 Å². The molecule has 0 unspecified atom stereocenters. The van der Waals surface area contributed by atoms with Gasteiger partial charge in [-0.25, -0.2) is 13.8 Å². The lowest BCUT2D eigenvalue weighted by Crippen LogP contribution is -2.25. The Balaban J connectivity index is 2.18. The number of pyridine rings is 1. The zero-order valence-electron chi connectivity index (χ0n) is 11.4. The lowest BCUT2D eigenvalue weighted by Gasteiger charge is -2.11. The van der Waals surface area contributed by atoms with Gasteiger partial charge < -0.3 is 11.1 Å². The fraction of sp³-hybridized carbons (Fsp3) is 0.143. The summed E-state index contributed by atoms with van der Waals surface area (Å²) < 4.78 is 64.4. The van der Waals surface area contributed by atoms with Crippen LogP contribution in [0.2, 0.25) is 0 Å². The SMILES string of the molecule is Nc1cccc(CNC(=O)c2cc(F)c(C(F)(F)F)cc2F)n1. The smallest absolute Gasteiger partial charge is 0.384 e. The molecule has 0 spiro atoms. The minimum atomic E-state index is -5.05. The second-order valence-corrected chi connectivity index (χ2v) is 4.55. The topological polar surface area (TPSA) is 68.0 Å². The van der Waals surface area contributed by atoms with Crippen molar-refractivity contribution in [2.24, 2.45) is 0 Å². The quantitative estimate of drug-likeness (QED) is 0.850. The first-order valence-corrected chi connectivity index (χ1v) is 6.24. The molecule has 3 N–H and O–H groups in total. The number of hydrogen-bond acceptors (Lipinski definition) is 3. The van der Waals surface area contributed by atoms with E-state index in [4.69, 9.17) is 5.73 Å². The highest BCUT2D eigenvalue weighted by Crippen LogP contribution is 2.32. The van der Waals surface area contributed by atoms with Crippen LogP contribution in [0.1, 0.15) is 21.6 Å². The van der Waals surface area contributed by atoms with Crippen LogP contribution in [0.5, 0.6) is 0 Å². The van der Waals surface area contributed by atoms with Crippen molar-refractivity contribution in [1.82, 2.24) is 10.3 Å². The van der Waals surface area contributed by atoms with E-state index >= 15 is 0 Å². The predicted octanol–water partition coefficient (Wildman–Crippen LogP) is 2.89. The zero-order chi connectivity index (χ0) is 17.2. The Morgan fingerprint density at radius 2 is 1.87 bits per heavy atom. The van der Waals surface area contributed by atoms with E-state index in [0.717, 1.165) is 0 Å². The number of nitrogens with one attached hydrogen (secondary N) is 1. The molecule has 0 radical (unpaired) electrons. The van der Waals surface area contributed by atoms with Gasteiger partial charge in [0.25, 0.3) is 5.91 Å². The first-order chi connectivity index (χ1) is 10.7. The number of anilines is 1. The molecule has 0 aliphatic heterocycles. The number of carbonyl (C=O) groups is 1. The minimum Gasteiger partial charge on any atom is -0.384 e. The van der Waals surface area contributed by atoms with Crippen LogP contribution >= 0.6 is 0 Å². The number of nitrogen functional groups attached to an aromatic ring is 1. The molecule has 0 aliphatic rings. The molecule has 0 saturated heterocycles. The Morgan fingerprint density at radius 3 is 2.48 bits per heavy atom. The predicted molar refractivity (Wildman–Crippen MR) is 71.2 cm³/mol. The third-order valence-corrected chi connectivity index (χ3v) is 2.87. The number of amides is 1. The van der Waals surface area contributed by atoms with Gasteiger partial charge in [-0.3, -0.25) is 4.79 Å². The molecule has 0 bridgehead atoms. The fourth-order valence-electron chi connectivity index (χ4n) is 1.80. The van der Waals surface area contributed by atoms with Crippen molar-refractivity contribution in [3.63, 3.8) is 0 Å². The molecule has 1 aromatic carbocycles. The summed E-state index contributed by atoms with van der Waals surface area (Å²) >= 11 is 0. The second kappa shape index (κ2) is 6.19. The summed E-state index contributed by atoms with van der Waals surface area (Å²) in [4.78, 5) is 15.7. The molecular weight excluding hydrogens is 321 g/mol. The van der Waals surface area contributed by atoms with E-state index in [1.807, 2.05) is 0 Å². The molecule has 0 saturated carbocycles. The average Bonchev–Trinajstić information content (AvgIpc) is 2.45. The summed E-state index contributed by atoms with van der Waals surface area (Å²) in [6.45, 7) is -0.147. The van der Waals surface area contributed by atoms with E-state index in [-0.39, 0.29) is 24.5 Å². The largest absolute Gasteiger partial charge is 0.419 e. The molecular formula is C14H10F5N3O. The Labute approximate surface area is 127 Å². The first kappa shape index (κ1) is 16.7. The number of halogens is 5. The lowest BCUT2D eigenvalue weighted by atomic mass is 10.1. The summed E-state index contributed by atoms with van der Waals surface area (Å²) in [6, 6.07) is 4.77. The van der Waals surface area contributed by atoms with Gasteiger partial charge in [-0.2, -0.15) is 13.2 Å². The Morgan fingerprint density at radius 1 is 1.17 bits per heavy atom. The van der Waals surface area contributed by atoms with Gasteiger partial charge in [0.2, 0.25) is 0 Å². The normalized spacial score (nSPS) is 11.3. The van der Waals surface area contributed by atoms with Crippen LogP contribution in [0.25, 0.3) is 0 Å². The molecule has 0 atom stereocenters. The van der Waals surface area contributed by atoms with Gasteiger partial charge in [-0.05, 0) is 24.3 Å². The van der Waals surface area contributed by atoms with E-state index in [2.05, 4.69) is 10.3 Å². The highest BCUT2D eigenvalue weighted by atomic mass is 19.4. The number of hydrogen-bond donors (Lipinski definition) is 2. The van der Waals surface area contributed by atoms with Crippen LogP contribution < -0.4 is 11.1 Å². The molecule has 1 amide bonds. The summed E-state index contributed by atoms with van der Waals surface area (Å²) in [5.41, 5.74) is 3.18. The van der Waals surface area contributed by atoms with Crippen molar-refractivity contribution in [3.8, 4) is 0 Å². The number of carbonyl (C=O) groups excluding carboxylic acids is 1. The number of alkyl halides is 3. The summed E-state index contributed by atoms with van der Waals surface area (Å²) in [5.74, 6) is -4.08. The van der Waals surface area contributed by atoms with E-state index in [1.54, 1.807) is 6.07 Å². The van der Waals surface area contributed by atoms with Crippen LogP contribution in [0, 0.1) is 11.6 Å². The van der Waals surface area contributed by atoms with Crippen LogP contribution in [0.4, 0.5) is 27.8 Å². The van der Waals surface area contributed by atoms with Gasteiger partial charge in [-0.15, -0.1) is 0 Å². The number of nitrogens with two attached hydrogens (primary N) is 1. The van der Waals surface area contributed by atoms with Crippen LogP contribution in [-0.2, 0) is 12.7 Å².